The quantitative estimate of drug-likeness (QED) is 0.404. The van der Waals surface area contributed by atoms with E-state index in [9.17, 15) is 24.0 Å². The molecular weight excluding hydrogens is 390 g/mol. The molecule has 0 saturated heterocycles. The van der Waals surface area contributed by atoms with Gasteiger partial charge in [0.1, 0.15) is 0 Å². The van der Waals surface area contributed by atoms with E-state index in [2.05, 4.69) is 11.9 Å². The molecule has 3 rings (SSSR count). The second-order valence-corrected chi connectivity index (χ2v) is 6.34. The Kier molecular flexibility index (Phi) is 5.73. The first-order chi connectivity index (χ1) is 14.3. The molecule has 4 amide bonds. The first-order valence-electron chi connectivity index (χ1n) is 8.79. The van der Waals surface area contributed by atoms with E-state index < -0.39 is 36.2 Å². The number of nitrogens with two attached hydrogens (primary N) is 1. The van der Waals surface area contributed by atoms with Crippen molar-refractivity contribution in [2.45, 2.75) is 0 Å². The fraction of sp³-hybridized carbons (Fsp3) is 0.0952. The van der Waals surface area contributed by atoms with Crippen LogP contribution in [0.3, 0.4) is 0 Å². The van der Waals surface area contributed by atoms with Crippen molar-refractivity contribution in [3.63, 3.8) is 0 Å². The highest BCUT2D eigenvalue weighted by Crippen LogP contribution is 2.24. The van der Waals surface area contributed by atoms with E-state index >= 15 is 0 Å². The monoisotopic (exact) mass is 407 g/mol. The first kappa shape index (κ1) is 20.5. The molecule has 1 aliphatic heterocycles. The molecule has 3 N–H and O–H groups in total. The Bertz CT molecular complexity index is 1070. The van der Waals surface area contributed by atoms with Crippen molar-refractivity contribution in [1.82, 2.24) is 4.90 Å². The molecule has 1 heterocycles. The maximum Gasteiger partial charge on any atom is 0.338 e. The summed E-state index contributed by atoms with van der Waals surface area (Å²) >= 11 is 0. The lowest BCUT2D eigenvalue weighted by Crippen LogP contribution is -2.29. The standard InChI is InChI=1S/C21H17N3O6/c1-2-9-24-19(27)15-8-5-13(10-16(15)20(24)28)21(29)30-11-17(25)23-14-6-3-12(4-7-14)18(22)26/h2-8,10H,1,9,11H2,(H2,22,26)(H,23,25). The van der Waals surface area contributed by atoms with E-state index in [1.54, 1.807) is 0 Å². The highest BCUT2D eigenvalue weighted by atomic mass is 16.5. The van der Waals surface area contributed by atoms with Crippen molar-refractivity contribution in [1.29, 1.82) is 0 Å². The van der Waals surface area contributed by atoms with Crippen molar-refractivity contribution < 1.29 is 28.7 Å². The summed E-state index contributed by atoms with van der Waals surface area (Å²) in [6, 6.07) is 9.85. The Balaban J connectivity index is 1.61. The number of rotatable bonds is 7. The highest BCUT2D eigenvalue weighted by Gasteiger charge is 2.35. The maximum absolute atomic E-state index is 12.3. The van der Waals surface area contributed by atoms with E-state index in [1.807, 2.05) is 0 Å². The third-order valence-corrected chi connectivity index (χ3v) is 4.31. The third-order valence-electron chi connectivity index (χ3n) is 4.31. The molecule has 0 aromatic heterocycles. The molecule has 1 aliphatic rings. The van der Waals surface area contributed by atoms with Crippen LogP contribution in [0.5, 0.6) is 0 Å². The number of ether oxygens (including phenoxy) is 1. The topological polar surface area (TPSA) is 136 Å². The Morgan fingerprint density at radius 3 is 2.27 bits per heavy atom. The lowest BCUT2D eigenvalue weighted by molar-refractivity contribution is -0.119. The van der Waals surface area contributed by atoms with Crippen molar-refractivity contribution in [3.8, 4) is 0 Å². The summed E-state index contributed by atoms with van der Waals surface area (Å²) in [4.78, 5) is 60.8. The molecule has 0 aliphatic carbocycles. The Morgan fingerprint density at radius 2 is 1.63 bits per heavy atom. The SMILES string of the molecule is C=CCN1C(=O)c2ccc(C(=O)OCC(=O)Nc3ccc(C(N)=O)cc3)cc2C1=O. The van der Waals surface area contributed by atoms with Gasteiger partial charge in [0, 0.05) is 17.8 Å². The predicted molar refractivity (Wildman–Crippen MR) is 106 cm³/mol. The zero-order chi connectivity index (χ0) is 21.8. The lowest BCUT2D eigenvalue weighted by atomic mass is 10.1. The Labute approximate surface area is 171 Å². The van der Waals surface area contributed by atoms with Crippen molar-refractivity contribution in [3.05, 3.63) is 77.4 Å². The number of benzene rings is 2. The predicted octanol–water partition coefficient (Wildman–Crippen LogP) is 1.36. The summed E-state index contributed by atoms with van der Waals surface area (Å²) in [5, 5.41) is 2.51. The van der Waals surface area contributed by atoms with E-state index in [0.29, 0.717) is 5.69 Å². The second kappa shape index (κ2) is 8.39. The molecule has 0 atom stereocenters. The first-order valence-corrected chi connectivity index (χ1v) is 8.79. The minimum atomic E-state index is -0.820. The minimum absolute atomic E-state index is 0.0361. The van der Waals surface area contributed by atoms with Gasteiger partial charge in [0.25, 0.3) is 17.7 Å². The fourth-order valence-electron chi connectivity index (χ4n) is 2.84. The van der Waals surface area contributed by atoms with Crippen molar-refractivity contribution in [2.24, 2.45) is 5.73 Å². The van der Waals surface area contributed by atoms with Crippen LogP contribution < -0.4 is 11.1 Å². The molecule has 0 radical (unpaired) electrons. The lowest BCUT2D eigenvalue weighted by Gasteiger charge is -2.09. The van der Waals surface area contributed by atoms with Crippen molar-refractivity contribution in [2.75, 3.05) is 18.5 Å². The number of nitrogens with one attached hydrogen (secondary N) is 1. The van der Waals surface area contributed by atoms with Crippen LogP contribution in [0.1, 0.15) is 41.4 Å². The van der Waals surface area contributed by atoms with Gasteiger partial charge in [0.2, 0.25) is 5.91 Å². The van der Waals surface area contributed by atoms with Gasteiger partial charge in [-0.25, -0.2) is 4.79 Å². The molecule has 0 unspecified atom stereocenters. The van der Waals surface area contributed by atoms with Crippen LogP contribution in [0.2, 0.25) is 0 Å². The van der Waals surface area contributed by atoms with E-state index in [0.717, 1.165) is 4.90 Å². The fourth-order valence-corrected chi connectivity index (χ4v) is 2.84. The van der Waals surface area contributed by atoms with Crippen LogP contribution >= 0.6 is 0 Å². The molecule has 2 aromatic carbocycles. The number of carbonyl (C=O) groups is 5. The average Bonchev–Trinajstić information content (AvgIpc) is 2.97. The third kappa shape index (κ3) is 4.09. The average molecular weight is 407 g/mol. The normalized spacial score (nSPS) is 12.3. The maximum atomic E-state index is 12.3. The summed E-state index contributed by atoms with van der Waals surface area (Å²) in [6.45, 7) is 3.00. The Hall–Kier alpha value is -4.27. The second-order valence-electron chi connectivity index (χ2n) is 6.34. The minimum Gasteiger partial charge on any atom is -0.452 e. The van der Waals surface area contributed by atoms with Gasteiger partial charge >= 0.3 is 5.97 Å². The Morgan fingerprint density at radius 1 is 1.00 bits per heavy atom. The van der Waals surface area contributed by atoms with Gasteiger partial charge in [-0.05, 0) is 42.5 Å². The van der Waals surface area contributed by atoms with Gasteiger partial charge in [0.15, 0.2) is 6.61 Å². The van der Waals surface area contributed by atoms with Gasteiger partial charge in [-0.2, -0.15) is 0 Å². The van der Waals surface area contributed by atoms with Gasteiger partial charge in [-0.1, -0.05) is 6.08 Å². The molecule has 0 bridgehead atoms. The van der Waals surface area contributed by atoms with Gasteiger partial charge < -0.3 is 15.8 Å². The van der Waals surface area contributed by atoms with Gasteiger partial charge in [-0.3, -0.25) is 24.1 Å². The number of hydrogen-bond donors (Lipinski definition) is 2. The number of carbonyl (C=O) groups excluding carboxylic acids is 5. The largest absolute Gasteiger partial charge is 0.452 e. The van der Waals surface area contributed by atoms with Crippen LogP contribution in [0.25, 0.3) is 0 Å². The number of amides is 4. The van der Waals surface area contributed by atoms with Gasteiger partial charge in [-0.15, -0.1) is 6.58 Å². The zero-order valence-electron chi connectivity index (χ0n) is 15.7. The summed E-state index contributed by atoms with van der Waals surface area (Å²) in [5.74, 6) is -3.00. The van der Waals surface area contributed by atoms with Crippen LogP contribution in [0, 0.1) is 0 Å². The number of esters is 1. The van der Waals surface area contributed by atoms with E-state index in [-0.39, 0.29) is 28.8 Å². The molecule has 0 saturated carbocycles. The number of primary amides is 1. The van der Waals surface area contributed by atoms with Gasteiger partial charge in [0.05, 0.1) is 16.7 Å². The smallest absolute Gasteiger partial charge is 0.338 e. The van der Waals surface area contributed by atoms with E-state index in [1.165, 1.54) is 48.5 Å². The summed E-state index contributed by atoms with van der Waals surface area (Å²) in [7, 11) is 0. The van der Waals surface area contributed by atoms with Crippen LogP contribution in [0.4, 0.5) is 5.69 Å². The van der Waals surface area contributed by atoms with E-state index in [4.69, 9.17) is 10.5 Å². The summed E-state index contributed by atoms with van der Waals surface area (Å²) < 4.78 is 4.97. The van der Waals surface area contributed by atoms with Crippen LogP contribution in [-0.2, 0) is 9.53 Å². The number of anilines is 1. The molecule has 0 spiro atoms. The molecular formula is C21H17N3O6. The summed E-state index contributed by atoms with van der Waals surface area (Å²) in [5.41, 5.74) is 6.14. The number of hydrogen-bond acceptors (Lipinski definition) is 6. The molecule has 0 fully saturated rings. The summed E-state index contributed by atoms with van der Waals surface area (Å²) in [6.07, 6.45) is 1.43. The molecule has 2 aromatic rings. The highest BCUT2D eigenvalue weighted by molar-refractivity contribution is 6.22. The zero-order valence-corrected chi connectivity index (χ0v) is 15.7. The number of fused-ring (bicyclic) bond motifs is 1. The number of imide groups is 1. The molecule has 30 heavy (non-hydrogen) atoms. The molecule has 9 heteroatoms. The van der Waals surface area contributed by atoms with Crippen LogP contribution in [0.15, 0.2) is 55.1 Å². The number of nitrogens with zero attached hydrogens (tertiary/aromatic N) is 1. The molecule has 152 valence electrons. The van der Waals surface area contributed by atoms with Crippen LogP contribution in [-0.4, -0.2) is 47.6 Å². The molecule has 9 nitrogen and oxygen atoms in total. The van der Waals surface area contributed by atoms with Crippen molar-refractivity contribution >= 4 is 35.3 Å².